The van der Waals surface area contributed by atoms with Gasteiger partial charge in [0.05, 0.1) is 12.0 Å². The minimum atomic E-state index is -0.793. The van der Waals surface area contributed by atoms with Gasteiger partial charge in [-0.3, -0.25) is 14.5 Å². The Morgan fingerprint density at radius 2 is 2.08 bits per heavy atom. The number of carbonyl (C=O) groups excluding carboxylic acids is 2. The first kappa shape index (κ1) is 21.4. The molecule has 2 aliphatic heterocycles. The van der Waals surface area contributed by atoms with Crippen LogP contribution in [0.2, 0.25) is 0 Å². The molecule has 0 aromatic heterocycles. The Balaban J connectivity index is 2.07. The van der Waals surface area contributed by atoms with Crippen LogP contribution in [0.15, 0.2) is 11.6 Å². The van der Waals surface area contributed by atoms with E-state index in [2.05, 4.69) is 0 Å². The summed E-state index contributed by atoms with van der Waals surface area (Å²) in [5, 5.41) is 0. The Bertz CT molecular complexity index is 609. The third kappa shape index (κ3) is 5.08. The molecule has 0 aliphatic carbocycles. The van der Waals surface area contributed by atoms with Crippen LogP contribution in [-0.4, -0.2) is 52.7 Å². The van der Waals surface area contributed by atoms with Gasteiger partial charge in [0.15, 0.2) is 0 Å². The van der Waals surface area contributed by atoms with Crippen molar-refractivity contribution < 1.29 is 19.1 Å². The second-order valence-electron chi connectivity index (χ2n) is 8.07. The van der Waals surface area contributed by atoms with E-state index in [0.717, 1.165) is 12.0 Å². The quantitative estimate of drug-likeness (QED) is 0.282. The molecule has 7 heteroatoms. The second kappa shape index (κ2) is 8.40. The van der Waals surface area contributed by atoms with Crippen LogP contribution < -0.4 is 0 Å². The number of esters is 1. The highest BCUT2D eigenvalue weighted by Gasteiger charge is 2.47. The molecule has 0 N–H and O–H groups in total. The lowest BCUT2D eigenvalue weighted by atomic mass is 9.67. The number of thioether (sulfide) groups is 1. The standard InChI is InChI=1S/C19H29NO4S2/c1-13(2)9-19(5,16(22)24-11-14-10-23-14)18(3,4)12-26-17(25)20-8-6-7-15(20)21/h9,14H,6-8,10-12H2,1-5H3. The van der Waals surface area contributed by atoms with Crippen molar-refractivity contribution in [2.24, 2.45) is 10.8 Å². The number of epoxide rings is 1. The average molecular weight is 400 g/mol. The van der Waals surface area contributed by atoms with Gasteiger partial charge in [0.1, 0.15) is 17.0 Å². The van der Waals surface area contributed by atoms with Crippen molar-refractivity contribution in [3.05, 3.63) is 11.6 Å². The monoisotopic (exact) mass is 399 g/mol. The molecule has 2 heterocycles. The number of rotatable bonds is 7. The molecule has 0 radical (unpaired) electrons. The van der Waals surface area contributed by atoms with Gasteiger partial charge in [0, 0.05) is 18.7 Å². The van der Waals surface area contributed by atoms with E-state index in [4.69, 9.17) is 21.7 Å². The molecule has 2 rings (SSSR count). The van der Waals surface area contributed by atoms with E-state index < -0.39 is 10.8 Å². The zero-order valence-corrected chi connectivity index (χ0v) is 17.9. The molecular formula is C19H29NO4S2. The Morgan fingerprint density at radius 1 is 1.42 bits per heavy atom. The molecule has 0 aromatic carbocycles. The Labute approximate surface area is 165 Å². The molecule has 5 nitrogen and oxygen atoms in total. The SMILES string of the molecule is CC(C)=CC(C)(C(=O)OCC1CO1)C(C)(C)CSC(=S)N1CCCC1=O. The number of hydrogen-bond acceptors (Lipinski definition) is 6. The second-order valence-corrected chi connectivity index (χ2v) is 9.67. The van der Waals surface area contributed by atoms with Crippen molar-refractivity contribution in [3.8, 4) is 0 Å². The highest BCUT2D eigenvalue weighted by atomic mass is 32.2. The molecule has 2 unspecified atom stereocenters. The molecule has 0 aromatic rings. The normalized spacial score (nSPS) is 22.0. The Hall–Kier alpha value is -0.920. The summed E-state index contributed by atoms with van der Waals surface area (Å²) in [4.78, 5) is 26.5. The van der Waals surface area contributed by atoms with Crippen molar-refractivity contribution >= 4 is 40.2 Å². The first-order chi connectivity index (χ1) is 12.1. The van der Waals surface area contributed by atoms with E-state index in [0.29, 0.717) is 36.3 Å². The van der Waals surface area contributed by atoms with Gasteiger partial charge in [-0.15, -0.1) is 0 Å². The summed E-state index contributed by atoms with van der Waals surface area (Å²) in [5.74, 6) is 0.462. The minimum Gasteiger partial charge on any atom is -0.462 e. The fourth-order valence-corrected chi connectivity index (χ4v) is 4.40. The molecular weight excluding hydrogens is 370 g/mol. The summed E-state index contributed by atoms with van der Waals surface area (Å²) in [6.45, 7) is 11.6. The van der Waals surface area contributed by atoms with E-state index >= 15 is 0 Å². The number of likely N-dealkylation sites (tertiary alicyclic amines) is 1. The summed E-state index contributed by atoms with van der Waals surface area (Å²) < 4.78 is 11.3. The zero-order valence-electron chi connectivity index (χ0n) is 16.3. The van der Waals surface area contributed by atoms with Crippen LogP contribution >= 0.6 is 24.0 Å². The molecule has 0 saturated carbocycles. The molecule has 1 amide bonds. The fourth-order valence-electron chi connectivity index (χ4n) is 2.90. The highest BCUT2D eigenvalue weighted by Crippen LogP contribution is 2.45. The summed E-state index contributed by atoms with van der Waals surface area (Å²) in [5.41, 5.74) is -0.149. The molecule has 2 atom stereocenters. The van der Waals surface area contributed by atoms with E-state index in [1.165, 1.54) is 11.8 Å². The van der Waals surface area contributed by atoms with Gasteiger partial charge in [-0.05, 0) is 32.6 Å². The maximum absolute atomic E-state index is 12.9. The van der Waals surface area contributed by atoms with Gasteiger partial charge in [-0.25, -0.2) is 0 Å². The van der Waals surface area contributed by atoms with Gasteiger partial charge in [0.2, 0.25) is 5.91 Å². The van der Waals surface area contributed by atoms with Crippen LogP contribution in [0, 0.1) is 10.8 Å². The highest BCUT2D eigenvalue weighted by molar-refractivity contribution is 8.23. The molecule has 146 valence electrons. The predicted octanol–water partition coefficient (Wildman–Crippen LogP) is 3.57. The molecule has 26 heavy (non-hydrogen) atoms. The topological polar surface area (TPSA) is 59.1 Å². The Morgan fingerprint density at radius 3 is 2.58 bits per heavy atom. The van der Waals surface area contributed by atoms with Crippen LogP contribution in [0.3, 0.4) is 0 Å². The van der Waals surface area contributed by atoms with Gasteiger partial charge in [0.25, 0.3) is 0 Å². The van der Waals surface area contributed by atoms with E-state index in [-0.39, 0.29) is 18.0 Å². The van der Waals surface area contributed by atoms with Gasteiger partial charge < -0.3 is 9.47 Å². The van der Waals surface area contributed by atoms with Crippen molar-refractivity contribution in [2.45, 2.75) is 53.6 Å². The Kier molecular flexibility index (Phi) is 6.91. The third-order valence-corrected chi connectivity index (χ3v) is 6.97. The first-order valence-corrected chi connectivity index (χ1v) is 10.4. The summed E-state index contributed by atoms with van der Waals surface area (Å²) in [7, 11) is 0. The van der Waals surface area contributed by atoms with Crippen molar-refractivity contribution in [3.63, 3.8) is 0 Å². The fraction of sp³-hybridized carbons (Fsp3) is 0.737. The molecule has 2 aliphatic rings. The van der Waals surface area contributed by atoms with E-state index in [9.17, 15) is 9.59 Å². The number of thiocarbonyl (C=S) groups is 1. The van der Waals surface area contributed by atoms with Crippen molar-refractivity contribution in [2.75, 3.05) is 25.5 Å². The lowest BCUT2D eigenvalue weighted by molar-refractivity contribution is -0.157. The van der Waals surface area contributed by atoms with Gasteiger partial charge in [-0.2, -0.15) is 0 Å². The van der Waals surface area contributed by atoms with Gasteiger partial charge in [-0.1, -0.05) is 49.5 Å². The number of carbonyl (C=O) groups is 2. The smallest absolute Gasteiger partial charge is 0.316 e. The summed E-state index contributed by atoms with van der Waals surface area (Å²) in [6, 6.07) is 0. The van der Waals surface area contributed by atoms with Crippen LogP contribution in [0.4, 0.5) is 0 Å². The lowest BCUT2D eigenvalue weighted by Crippen LogP contribution is -2.44. The number of amides is 1. The average Bonchev–Trinajstić information content (AvgIpc) is 3.29. The predicted molar refractivity (Wildman–Crippen MR) is 108 cm³/mol. The van der Waals surface area contributed by atoms with Crippen LogP contribution in [0.5, 0.6) is 0 Å². The third-order valence-electron chi connectivity index (χ3n) is 5.06. The van der Waals surface area contributed by atoms with Crippen LogP contribution in [-0.2, 0) is 19.1 Å². The maximum atomic E-state index is 12.9. The largest absolute Gasteiger partial charge is 0.462 e. The lowest BCUT2D eigenvalue weighted by Gasteiger charge is -2.40. The van der Waals surface area contributed by atoms with Crippen molar-refractivity contribution in [1.82, 2.24) is 4.90 Å². The number of ether oxygens (including phenoxy) is 2. The van der Waals surface area contributed by atoms with Gasteiger partial charge >= 0.3 is 5.97 Å². The van der Waals surface area contributed by atoms with Crippen molar-refractivity contribution in [1.29, 1.82) is 0 Å². The molecule has 2 saturated heterocycles. The minimum absolute atomic E-state index is 0.0427. The molecule has 2 fully saturated rings. The van der Waals surface area contributed by atoms with Crippen LogP contribution in [0.1, 0.15) is 47.5 Å². The molecule has 0 bridgehead atoms. The maximum Gasteiger partial charge on any atom is 0.316 e. The van der Waals surface area contributed by atoms with E-state index in [1.807, 2.05) is 40.7 Å². The molecule has 0 spiro atoms. The zero-order chi connectivity index (χ0) is 19.5. The first-order valence-electron chi connectivity index (χ1n) is 8.99. The number of nitrogens with zero attached hydrogens (tertiary/aromatic N) is 1. The number of hydrogen-bond donors (Lipinski definition) is 0. The van der Waals surface area contributed by atoms with E-state index in [1.54, 1.807) is 4.90 Å². The summed E-state index contributed by atoms with van der Waals surface area (Å²) in [6.07, 6.45) is 3.44. The number of allylic oxidation sites excluding steroid dienone is 1. The van der Waals surface area contributed by atoms with Crippen LogP contribution in [0.25, 0.3) is 0 Å². The summed E-state index contributed by atoms with van der Waals surface area (Å²) >= 11 is 6.92.